The highest BCUT2D eigenvalue weighted by molar-refractivity contribution is 6.31. The summed E-state index contributed by atoms with van der Waals surface area (Å²) in [5.74, 6) is 0.0420. The first-order valence-corrected chi connectivity index (χ1v) is 8.97. The van der Waals surface area contributed by atoms with Crippen LogP contribution in [0.25, 0.3) is 10.8 Å². The molecule has 2 aromatic rings. The fraction of sp³-hybridized carbons (Fsp3) is 0.429. The molecule has 0 N–H and O–H groups in total. The van der Waals surface area contributed by atoms with E-state index in [1.807, 2.05) is 0 Å². The minimum Gasteiger partial charge on any atom is -0.493 e. The summed E-state index contributed by atoms with van der Waals surface area (Å²) in [5, 5.41) is 1.58. The molecular weight excluding hydrogens is 368 g/mol. The van der Waals surface area contributed by atoms with Crippen molar-refractivity contribution in [2.45, 2.75) is 41.5 Å². The normalized spacial score (nSPS) is 12.0. The molecule has 0 amide bonds. The maximum absolute atomic E-state index is 12.4. The molecule has 0 bridgehead atoms. The molecule has 146 valence electrons. The van der Waals surface area contributed by atoms with Gasteiger partial charge in [-0.05, 0) is 59.7 Å². The summed E-state index contributed by atoms with van der Waals surface area (Å²) in [4.78, 5) is 24.8. The second-order valence-corrected chi connectivity index (χ2v) is 8.81. The molecule has 0 aliphatic rings. The highest BCUT2D eigenvalue weighted by Gasteiger charge is 2.29. The first-order chi connectivity index (χ1) is 12.3. The third-order valence-electron chi connectivity index (χ3n) is 3.82. The SMILES string of the molecule is COc1cc(OC(=O)C(C)(C)C)c2cc(Cl)ccc2c1OC(=O)C(C)(C)C. The van der Waals surface area contributed by atoms with Crippen molar-refractivity contribution in [2.24, 2.45) is 10.8 Å². The van der Waals surface area contributed by atoms with Crippen molar-refractivity contribution in [1.29, 1.82) is 0 Å². The van der Waals surface area contributed by atoms with Gasteiger partial charge in [0.05, 0.1) is 17.9 Å². The molecule has 27 heavy (non-hydrogen) atoms. The van der Waals surface area contributed by atoms with Crippen molar-refractivity contribution < 1.29 is 23.8 Å². The molecular formula is C21H25ClO5. The van der Waals surface area contributed by atoms with E-state index in [0.29, 0.717) is 27.3 Å². The molecule has 0 radical (unpaired) electrons. The summed E-state index contributed by atoms with van der Waals surface area (Å²) in [5.41, 5.74) is -1.38. The second-order valence-electron chi connectivity index (χ2n) is 8.38. The quantitative estimate of drug-likeness (QED) is 0.516. The molecule has 6 heteroatoms. The lowest BCUT2D eigenvalue weighted by Gasteiger charge is -2.21. The Morgan fingerprint density at radius 3 is 1.89 bits per heavy atom. The summed E-state index contributed by atoms with van der Waals surface area (Å²) in [6, 6.07) is 6.58. The molecule has 0 atom stereocenters. The van der Waals surface area contributed by atoms with E-state index in [1.165, 1.54) is 13.2 Å². The van der Waals surface area contributed by atoms with E-state index in [2.05, 4.69) is 0 Å². The van der Waals surface area contributed by atoms with Crippen molar-refractivity contribution >= 4 is 34.3 Å². The fourth-order valence-electron chi connectivity index (χ4n) is 2.15. The van der Waals surface area contributed by atoms with Crippen molar-refractivity contribution in [3.05, 3.63) is 29.3 Å². The Morgan fingerprint density at radius 2 is 1.37 bits per heavy atom. The summed E-state index contributed by atoms with van der Waals surface area (Å²) >= 11 is 6.14. The van der Waals surface area contributed by atoms with Crippen molar-refractivity contribution in [3.63, 3.8) is 0 Å². The van der Waals surface area contributed by atoms with Crippen LogP contribution >= 0.6 is 11.6 Å². The van der Waals surface area contributed by atoms with E-state index in [1.54, 1.807) is 59.7 Å². The van der Waals surface area contributed by atoms with Crippen LogP contribution in [0.4, 0.5) is 0 Å². The zero-order valence-electron chi connectivity index (χ0n) is 16.7. The summed E-state index contributed by atoms with van der Waals surface area (Å²) < 4.78 is 16.6. The van der Waals surface area contributed by atoms with Crippen LogP contribution in [0.15, 0.2) is 24.3 Å². The smallest absolute Gasteiger partial charge is 0.316 e. The average molecular weight is 393 g/mol. The van der Waals surface area contributed by atoms with Gasteiger partial charge >= 0.3 is 11.9 Å². The van der Waals surface area contributed by atoms with Crippen LogP contribution in [-0.4, -0.2) is 19.0 Å². The van der Waals surface area contributed by atoms with Gasteiger partial charge in [0.25, 0.3) is 0 Å². The van der Waals surface area contributed by atoms with Crippen LogP contribution < -0.4 is 14.2 Å². The standard InChI is InChI=1S/C21H25ClO5/c1-20(2,3)18(23)26-15-11-16(25-7)17(27-19(24)21(4,5)6)13-9-8-12(22)10-14(13)15/h8-11H,1-7H3. The lowest BCUT2D eigenvalue weighted by molar-refractivity contribution is -0.143. The molecule has 0 saturated heterocycles. The van der Waals surface area contributed by atoms with Gasteiger partial charge in [-0.2, -0.15) is 0 Å². The first kappa shape index (κ1) is 21.0. The van der Waals surface area contributed by atoms with Crippen molar-refractivity contribution in [3.8, 4) is 17.2 Å². The maximum atomic E-state index is 12.4. The van der Waals surface area contributed by atoms with E-state index >= 15 is 0 Å². The number of methoxy groups -OCH3 is 1. The minimum absolute atomic E-state index is 0.264. The van der Waals surface area contributed by atoms with Gasteiger partial charge in [-0.25, -0.2) is 0 Å². The Balaban J connectivity index is 2.67. The predicted octanol–water partition coefficient (Wildman–Crippen LogP) is 5.40. The Bertz CT molecular complexity index is 888. The van der Waals surface area contributed by atoms with Gasteiger partial charge in [0.15, 0.2) is 11.5 Å². The zero-order valence-corrected chi connectivity index (χ0v) is 17.5. The average Bonchev–Trinajstić information content (AvgIpc) is 2.54. The van der Waals surface area contributed by atoms with Crippen LogP contribution in [0.3, 0.4) is 0 Å². The summed E-state index contributed by atoms with van der Waals surface area (Å²) in [6.45, 7) is 10.6. The van der Waals surface area contributed by atoms with Gasteiger partial charge in [0, 0.05) is 21.9 Å². The number of halogens is 1. The van der Waals surface area contributed by atoms with Gasteiger partial charge in [-0.3, -0.25) is 9.59 Å². The minimum atomic E-state index is -0.693. The van der Waals surface area contributed by atoms with E-state index < -0.39 is 22.8 Å². The van der Waals surface area contributed by atoms with E-state index in [0.717, 1.165) is 0 Å². The van der Waals surface area contributed by atoms with Crippen LogP contribution in [0.1, 0.15) is 41.5 Å². The van der Waals surface area contributed by atoms with Crippen molar-refractivity contribution in [2.75, 3.05) is 7.11 Å². The monoisotopic (exact) mass is 392 g/mol. The second kappa shape index (κ2) is 7.39. The molecule has 0 aliphatic carbocycles. The van der Waals surface area contributed by atoms with Crippen LogP contribution in [-0.2, 0) is 9.59 Å². The number of esters is 2. The van der Waals surface area contributed by atoms with E-state index in [-0.39, 0.29) is 5.75 Å². The summed E-state index contributed by atoms with van der Waals surface area (Å²) in [7, 11) is 1.46. The third kappa shape index (κ3) is 4.72. The van der Waals surface area contributed by atoms with Gasteiger partial charge in [-0.1, -0.05) is 11.6 Å². The molecule has 0 spiro atoms. The lowest BCUT2D eigenvalue weighted by atomic mass is 9.97. The van der Waals surface area contributed by atoms with E-state index in [9.17, 15) is 9.59 Å². The highest BCUT2D eigenvalue weighted by Crippen LogP contribution is 2.43. The number of rotatable bonds is 3. The van der Waals surface area contributed by atoms with Gasteiger partial charge in [0.2, 0.25) is 0 Å². The number of hydrogen-bond acceptors (Lipinski definition) is 5. The molecule has 2 aromatic carbocycles. The molecule has 0 aliphatic heterocycles. The number of benzene rings is 2. The van der Waals surface area contributed by atoms with Crippen LogP contribution in [0.2, 0.25) is 5.02 Å². The highest BCUT2D eigenvalue weighted by atomic mass is 35.5. The van der Waals surface area contributed by atoms with Crippen molar-refractivity contribution in [1.82, 2.24) is 0 Å². The first-order valence-electron chi connectivity index (χ1n) is 8.59. The molecule has 0 heterocycles. The van der Waals surface area contributed by atoms with E-state index in [4.69, 9.17) is 25.8 Å². The Morgan fingerprint density at radius 1 is 0.815 bits per heavy atom. The van der Waals surface area contributed by atoms with Gasteiger partial charge in [-0.15, -0.1) is 0 Å². The zero-order chi connectivity index (χ0) is 20.6. The molecule has 2 rings (SSSR count). The fourth-order valence-corrected chi connectivity index (χ4v) is 2.33. The molecule has 5 nitrogen and oxygen atoms in total. The number of hydrogen-bond donors (Lipinski definition) is 0. The number of carbonyl (C=O) groups excluding carboxylic acids is 2. The molecule has 0 aromatic heterocycles. The molecule has 0 unspecified atom stereocenters. The predicted molar refractivity (Wildman–Crippen MR) is 106 cm³/mol. The topological polar surface area (TPSA) is 61.8 Å². The lowest BCUT2D eigenvalue weighted by Crippen LogP contribution is -2.26. The van der Waals surface area contributed by atoms with Gasteiger partial charge in [0.1, 0.15) is 5.75 Å². The number of fused-ring (bicyclic) bond motifs is 1. The van der Waals surface area contributed by atoms with Crippen LogP contribution in [0.5, 0.6) is 17.2 Å². The Labute approximate surface area is 164 Å². The summed E-state index contributed by atoms with van der Waals surface area (Å²) in [6.07, 6.45) is 0. The number of ether oxygens (including phenoxy) is 3. The molecule has 0 saturated carbocycles. The third-order valence-corrected chi connectivity index (χ3v) is 4.05. The maximum Gasteiger partial charge on any atom is 0.316 e. The van der Waals surface area contributed by atoms with Crippen LogP contribution in [0, 0.1) is 10.8 Å². The molecule has 0 fully saturated rings. The number of carbonyl (C=O) groups is 2. The Hall–Kier alpha value is -2.27. The largest absolute Gasteiger partial charge is 0.493 e. The Kier molecular flexibility index (Phi) is 5.76. The van der Waals surface area contributed by atoms with Gasteiger partial charge < -0.3 is 14.2 Å².